The third kappa shape index (κ3) is 4.79. The monoisotopic (exact) mass is 248 g/mol. The van der Waals surface area contributed by atoms with Crippen LogP contribution in [0.5, 0.6) is 0 Å². The van der Waals surface area contributed by atoms with Crippen LogP contribution in [-0.4, -0.2) is 19.6 Å². The number of hydrogen-bond donors (Lipinski definition) is 2. The Labute approximate surface area is 112 Å². The molecule has 0 saturated heterocycles. The van der Waals surface area contributed by atoms with Crippen LogP contribution in [0.2, 0.25) is 0 Å². The minimum Gasteiger partial charge on any atom is -0.316 e. The van der Waals surface area contributed by atoms with Gasteiger partial charge in [-0.2, -0.15) is 0 Å². The Morgan fingerprint density at radius 3 is 2.33 bits per heavy atom. The summed E-state index contributed by atoms with van der Waals surface area (Å²) in [5, 5.41) is 6.82. The summed E-state index contributed by atoms with van der Waals surface area (Å²) in [4.78, 5) is 0. The lowest BCUT2D eigenvalue weighted by atomic mass is 9.85. The molecule has 0 radical (unpaired) electrons. The average Bonchev–Trinajstić information content (AvgIpc) is 2.29. The van der Waals surface area contributed by atoms with E-state index < -0.39 is 0 Å². The van der Waals surface area contributed by atoms with Crippen molar-refractivity contribution in [1.82, 2.24) is 10.6 Å². The minimum atomic E-state index is 0.228. The van der Waals surface area contributed by atoms with Gasteiger partial charge in [0.25, 0.3) is 0 Å². The zero-order valence-electron chi connectivity index (χ0n) is 12.6. The summed E-state index contributed by atoms with van der Waals surface area (Å²) in [6.45, 7) is 15.2. The van der Waals surface area contributed by atoms with Crippen molar-refractivity contribution in [3.8, 4) is 0 Å². The molecule has 0 fully saturated rings. The van der Waals surface area contributed by atoms with Crippen LogP contribution in [0.25, 0.3) is 0 Å². The van der Waals surface area contributed by atoms with Gasteiger partial charge in [-0.05, 0) is 35.6 Å². The standard InChI is InChI=1S/C16H28N2/c1-6-17-9-10-18-12-14-11-15(16(3,4)5)8-7-13(14)2/h7-8,11,17-18H,6,9-10,12H2,1-5H3. The summed E-state index contributed by atoms with van der Waals surface area (Å²) in [7, 11) is 0. The molecular weight excluding hydrogens is 220 g/mol. The Bertz CT molecular complexity index is 364. The second kappa shape index (κ2) is 6.91. The number of benzene rings is 1. The molecule has 0 aliphatic rings. The molecule has 0 spiro atoms. The van der Waals surface area contributed by atoms with Crippen LogP contribution in [-0.2, 0) is 12.0 Å². The predicted molar refractivity (Wildman–Crippen MR) is 80.1 cm³/mol. The van der Waals surface area contributed by atoms with Gasteiger partial charge in [0.2, 0.25) is 0 Å². The fourth-order valence-electron chi connectivity index (χ4n) is 1.91. The highest BCUT2D eigenvalue weighted by Crippen LogP contribution is 2.24. The summed E-state index contributed by atoms with van der Waals surface area (Å²) >= 11 is 0. The van der Waals surface area contributed by atoms with Crippen LogP contribution in [0.1, 0.15) is 44.4 Å². The summed E-state index contributed by atoms with van der Waals surface area (Å²) in [5.41, 5.74) is 4.43. The van der Waals surface area contributed by atoms with E-state index in [9.17, 15) is 0 Å². The molecule has 2 nitrogen and oxygen atoms in total. The van der Waals surface area contributed by atoms with Crippen LogP contribution in [0, 0.1) is 6.92 Å². The molecule has 0 aliphatic carbocycles. The Balaban J connectivity index is 2.59. The van der Waals surface area contributed by atoms with Gasteiger partial charge in [0, 0.05) is 19.6 Å². The SMILES string of the molecule is CCNCCNCc1cc(C(C)(C)C)ccc1C. The maximum atomic E-state index is 3.49. The van der Waals surface area contributed by atoms with Crippen LogP contribution >= 0.6 is 0 Å². The zero-order chi connectivity index (χ0) is 13.6. The predicted octanol–water partition coefficient (Wildman–Crippen LogP) is 2.99. The lowest BCUT2D eigenvalue weighted by Crippen LogP contribution is -2.27. The molecule has 0 amide bonds. The van der Waals surface area contributed by atoms with Crippen molar-refractivity contribution in [2.45, 2.75) is 46.6 Å². The summed E-state index contributed by atoms with van der Waals surface area (Å²) < 4.78 is 0. The van der Waals surface area contributed by atoms with Crippen LogP contribution < -0.4 is 10.6 Å². The second-order valence-electron chi connectivity index (χ2n) is 5.92. The van der Waals surface area contributed by atoms with Crippen molar-refractivity contribution in [2.24, 2.45) is 0 Å². The summed E-state index contributed by atoms with van der Waals surface area (Å²) in [6, 6.07) is 6.83. The van der Waals surface area contributed by atoms with Gasteiger partial charge < -0.3 is 10.6 Å². The van der Waals surface area contributed by atoms with Gasteiger partial charge in [0.1, 0.15) is 0 Å². The normalized spacial score (nSPS) is 11.8. The lowest BCUT2D eigenvalue weighted by molar-refractivity contribution is 0.586. The molecule has 0 aromatic heterocycles. The van der Waals surface area contributed by atoms with E-state index in [2.05, 4.69) is 63.5 Å². The van der Waals surface area contributed by atoms with Crippen molar-refractivity contribution in [1.29, 1.82) is 0 Å². The molecule has 18 heavy (non-hydrogen) atoms. The number of rotatable bonds is 6. The van der Waals surface area contributed by atoms with Crippen molar-refractivity contribution >= 4 is 0 Å². The highest BCUT2D eigenvalue weighted by Gasteiger charge is 2.14. The summed E-state index contributed by atoms with van der Waals surface area (Å²) in [6.07, 6.45) is 0. The van der Waals surface area contributed by atoms with Crippen molar-refractivity contribution in [2.75, 3.05) is 19.6 Å². The zero-order valence-corrected chi connectivity index (χ0v) is 12.6. The highest BCUT2D eigenvalue weighted by molar-refractivity contribution is 5.34. The maximum Gasteiger partial charge on any atom is 0.0208 e. The smallest absolute Gasteiger partial charge is 0.0208 e. The first kappa shape index (κ1) is 15.2. The number of aryl methyl sites for hydroxylation is 1. The van der Waals surface area contributed by atoms with Gasteiger partial charge in [-0.3, -0.25) is 0 Å². The third-order valence-electron chi connectivity index (χ3n) is 3.26. The Kier molecular flexibility index (Phi) is 5.83. The van der Waals surface area contributed by atoms with E-state index in [4.69, 9.17) is 0 Å². The average molecular weight is 248 g/mol. The van der Waals surface area contributed by atoms with E-state index >= 15 is 0 Å². The molecule has 2 N–H and O–H groups in total. The van der Waals surface area contributed by atoms with E-state index in [0.717, 1.165) is 26.2 Å². The molecule has 0 unspecified atom stereocenters. The van der Waals surface area contributed by atoms with Gasteiger partial charge in [-0.1, -0.05) is 45.9 Å². The van der Waals surface area contributed by atoms with Gasteiger partial charge in [0.05, 0.1) is 0 Å². The molecule has 1 rings (SSSR count). The molecule has 0 atom stereocenters. The van der Waals surface area contributed by atoms with E-state index in [0.29, 0.717) is 0 Å². The molecular formula is C16H28N2. The van der Waals surface area contributed by atoms with Gasteiger partial charge in [-0.15, -0.1) is 0 Å². The lowest BCUT2D eigenvalue weighted by Gasteiger charge is -2.21. The van der Waals surface area contributed by atoms with E-state index in [-0.39, 0.29) is 5.41 Å². The third-order valence-corrected chi connectivity index (χ3v) is 3.26. The Hall–Kier alpha value is -0.860. The quantitative estimate of drug-likeness (QED) is 0.756. The van der Waals surface area contributed by atoms with Gasteiger partial charge in [0.15, 0.2) is 0 Å². The number of nitrogens with one attached hydrogen (secondary N) is 2. The van der Waals surface area contributed by atoms with Gasteiger partial charge >= 0.3 is 0 Å². The van der Waals surface area contributed by atoms with Crippen molar-refractivity contribution in [3.63, 3.8) is 0 Å². The second-order valence-corrected chi connectivity index (χ2v) is 5.92. The van der Waals surface area contributed by atoms with E-state index in [1.54, 1.807) is 0 Å². The summed E-state index contributed by atoms with van der Waals surface area (Å²) in [5.74, 6) is 0. The van der Waals surface area contributed by atoms with Crippen LogP contribution in [0.4, 0.5) is 0 Å². The fraction of sp³-hybridized carbons (Fsp3) is 0.625. The highest BCUT2D eigenvalue weighted by atomic mass is 14.9. The minimum absolute atomic E-state index is 0.228. The maximum absolute atomic E-state index is 3.49. The molecule has 1 aromatic carbocycles. The molecule has 0 heterocycles. The largest absolute Gasteiger partial charge is 0.316 e. The molecule has 0 aliphatic heterocycles. The first-order chi connectivity index (χ1) is 8.45. The van der Waals surface area contributed by atoms with Gasteiger partial charge in [-0.25, -0.2) is 0 Å². The first-order valence-corrected chi connectivity index (χ1v) is 6.96. The Morgan fingerprint density at radius 2 is 1.72 bits per heavy atom. The molecule has 0 saturated carbocycles. The van der Waals surface area contributed by atoms with Crippen LogP contribution in [0.15, 0.2) is 18.2 Å². The molecule has 2 heteroatoms. The fourth-order valence-corrected chi connectivity index (χ4v) is 1.91. The Morgan fingerprint density at radius 1 is 1.06 bits per heavy atom. The molecule has 102 valence electrons. The number of hydrogen-bond acceptors (Lipinski definition) is 2. The van der Waals surface area contributed by atoms with Crippen molar-refractivity contribution in [3.05, 3.63) is 34.9 Å². The first-order valence-electron chi connectivity index (χ1n) is 6.96. The van der Waals surface area contributed by atoms with E-state index in [1.807, 2.05) is 0 Å². The molecule has 0 bridgehead atoms. The number of likely N-dealkylation sites (N-methyl/N-ethyl adjacent to an activating group) is 1. The molecule has 1 aromatic rings. The topological polar surface area (TPSA) is 24.1 Å². The van der Waals surface area contributed by atoms with Crippen molar-refractivity contribution < 1.29 is 0 Å². The van der Waals surface area contributed by atoms with Crippen LogP contribution in [0.3, 0.4) is 0 Å². The van der Waals surface area contributed by atoms with E-state index in [1.165, 1.54) is 16.7 Å².